The molecule has 0 aliphatic heterocycles. The standard InChI is InChI=1S/C11H12N4O/c1-14-7-5-9(12-14)3-4-11(16)10-6-8-15(2)13-10/h3-8H,1-2H3/b4-3+. The van der Waals surface area contributed by atoms with Gasteiger partial charge in [0, 0.05) is 26.5 Å². The Kier molecular flexibility index (Phi) is 2.68. The Labute approximate surface area is 93.0 Å². The van der Waals surface area contributed by atoms with Crippen molar-refractivity contribution in [2.24, 2.45) is 14.1 Å². The molecule has 0 N–H and O–H groups in total. The Hall–Kier alpha value is -2.17. The van der Waals surface area contributed by atoms with Crippen LogP contribution in [0.15, 0.2) is 30.6 Å². The molecule has 2 aromatic rings. The van der Waals surface area contributed by atoms with Gasteiger partial charge in [0.1, 0.15) is 5.69 Å². The normalized spacial score (nSPS) is 11.1. The molecular formula is C11H12N4O. The van der Waals surface area contributed by atoms with Gasteiger partial charge in [0.05, 0.1) is 5.69 Å². The highest BCUT2D eigenvalue weighted by Crippen LogP contribution is 2.01. The van der Waals surface area contributed by atoms with E-state index in [4.69, 9.17) is 0 Å². The van der Waals surface area contributed by atoms with Gasteiger partial charge in [0.2, 0.25) is 5.78 Å². The zero-order chi connectivity index (χ0) is 11.5. The minimum absolute atomic E-state index is 0.119. The Morgan fingerprint density at radius 2 is 1.88 bits per heavy atom. The van der Waals surface area contributed by atoms with E-state index in [1.54, 1.807) is 34.8 Å². The molecule has 0 atom stereocenters. The van der Waals surface area contributed by atoms with Crippen LogP contribution < -0.4 is 0 Å². The molecule has 0 fully saturated rings. The second kappa shape index (κ2) is 4.14. The summed E-state index contributed by atoms with van der Waals surface area (Å²) in [5.74, 6) is -0.119. The fourth-order valence-corrected chi connectivity index (χ4v) is 1.31. The monoisotopic (exact) mass is 216 g/mol. The summed E-state index contributed by atoms with van der Waals surface area (Å²) in [5, 5.41) is 8.15. The van der Waals surface area contributed by atoms with E-state index in [1.807, 2.05) is 19.3 Å². The van der Waals surface area contributed by atoms with E-state index in [0.29, 0.717) is 5.69 Å². The van der Waals surface area contributed by atoms with Crippen LogP contribution in [0.3, 0.4) is 0 Å². The van der Waals surface area contributed by atoms with E-state index in [-0.39, 0.29) is 5.78 Å². The summed E-state index contributed by atoms with van der Waals surface area (Å²) >= 11 is 0. The van der Waals surface area contributed by atoms with Gasteiger partial charge < -0.3 is 0 Å². The number of hydrogen-bond donors (Lipinski definition) is 0. The molecule has 0 amide bonds. The molecule has 0 aromatic carbocycles. The lowest BCUT2D eigenvalue weighted by molar-refractivity contribution is 0.104. The van der Waals surface area contributed by atoms with Crippen LogP contribution >= 0.6 is 0 Å². The van der Waals surface area contributed by atoms with Gasteiger partial charge in [-0.15, -0.1) is 0 Å². The molecule has 5 heteroatoms. The summed E-state index contributed by atoms with van der Waals surface area (Å²) in [7, 11) is 3.61. The molecule has 0 saturated heterocycles. The highest BCUT2D eigenvalue weighted by Gasteiger charge is 2.04. The minimum atomic E-state index is -0.119. The largest absolute Gasteiger partial charge is 0.287 e. The van der Waals surface area contributed by atoms with Crippen molar-refractivity contribution in [3.05, 3.63) is 42.0 Å². The Balaban J connectivity index is 2.10. The smallest absolute Gasteiger partial charge is 0.206 e. The van der Waals surface area contributed by atoms with Crippen LogP contribution in [-0.2, 0) is 14.1 Å². The lowest BCUT2D eigenvalue weighted by Crippen LogP contribution is -1.97. The van der Waals surface area contributed by atoms with E-state index >= 15 is 0 Å². The first-order chi connectivity index (χ1) is 7.65. The number of ketones is 1. The molecule has 82 valence electrons. The summed E-state index contributed by atoms with van der Waals surface area (Å²) in [6.07, 6.45) is 6.72. The van der Waals surface area contributed by atoms with Crippen LogP contribution in [0, 0.1) is 0 Å². The van der Waals surface area contributed by atoms with Crippen molar-refractivity contribution in [3.63, 3.8) is 0 Å². The second-order valence-electron chi connectivity index (χ2n) is 3.49. The fourth-order valence-electron chi connectivity index (χ4n) is 1.31. The van der Waals surface area contributed by atoms with E-state index in [0.717, 1.165) is 5.69 Å². The van der Waals surface area contributed by atoms with Crippen molar-refractivity contribution >= 4 is 11.9 Å². The predicted octanol–water partition coefficient (Wildman–Crippen LogP) is 1.05. The molecule has 2 heterocycles. The number of nitrogens with zero attached hydrogens (tertiary/aromatic N) is 4. The fraction of sp³-hybridized carbons (Fsp3) is 0.182. The Morgan fingerprint density at radius 1 is 1.19 bits per heavy atom. The van der Waals surface area contributed by atoms with E-state index in [2.05, 4.69) is 10.2 Å². The van der Waals surface area contributed by atoms with Crippen molar-refractivity contribution in [2.75, 3.05) is 0 Å². The first kappa shape index (κ1) is 10.4. The molecule has 16 heavy (non-hydrogen) atoms. The van der Waals surface area contributed by atoms with Gasteiger partial charge in [0.25, 0.3) is 0 Å². The number of rotatable bonds is 3. The summed E-state index contributed by atoms with van der Waals surface area (Å²) < 4.78 is 3.28. The summed E-state index contributed by atoms with van der Waals surface area (Å²) in [6.45, 7) is 0. The first-order valence-corrected chi connectivity index (χ1v) is 4.87. The van der Waals surface area contributed by atoms with Crippen LogP contribution in [-0.4, -0.2) is 25.3 Å². The van der Waals surface area contributed by atoms with Crippen LogP contribution in [0.1, 0.15) is 16.2 Å². The van der Waals surface area contributed by atoms with Crippen molar-refractivity contribution in [2.45, 2.75) is 0 Å². The second-order valence-corrected chi connectivity index (χ2v) is 3.49. The molecule has 0 saturated carbocycles. The topological polar surface area (TPSA) is 52.7 Å². The van der Waals surface area contributed by atoms with E-state index < -0.39 is 0 Å². The van der Waals surface area contributed by atoms with Crippen molar-refractivity contribution < 1.29 is 4.79 Å². The SMILES string of the molecule is Cn1ccc(/C=C/C(=O)c2ccn(C)n2)n1. The molecule has 0 spiro atoms. The van der Waals surface area contributed by atoms with Crippen molar-refractivity contribution in [1.29, 1.82) is 0 Å². The quantitative estimate of drug-likeness (QED) is 0.569. The maximum Gasteiger partial charge on any atom is 0.206 e. The van der Waals surface area contributed by atoms with E-state index in [9.17, 15) is 4.79 Å². The molecule has 2 rings (SSSR count). The van der Waals surface area contributed by atoms with Gasteiger partial charge in [-0.2, -0.15) is 10.2 Å². The maximum atomic E-state index is 11.6. The third kappa shape index (κ3) is 2.25. The van der Waals surface area contributed by atoms with Crippen LogP contribution in [0.25, 0.3) is 6.08 Å². The van der Waals surface area contributed by atoms with Gasteiger partial charge in [-0.05, 0) is 24.3 Å². The Morgan fingerprint density at radius 3 is 2.44 bits per heavy atom. The predicted molar refractivity (Wildman–Crippen MR) is 59.8 cm³/mol. The molecule has 5 nitrogen and oxygen atoms in total. The number of carbonyl (C=O) groups excluding carboxylic acids is 1. The number of allylic oxidation sites excluding steroid dienone is 1. The number of hydrogen-bond acceptors (Lipinski definition) is 3. The van der Waals surface area contributed by atoms with Gasteiger partial charge in [0.15, 0.2) is 0 Å². The maximum absolute atomic E-state index is 11.6. The highest BCUT2D eigenvalue weighted by molar-refractivity contribution is 6.05. The lowest BCUT2D eigenvalue weighted by Gasteiger charge is -1.88. The number of aryl methyl sites for hydroxylation is 2. The zero-order valence-corrected chi connectivity index (χ0v) is 9.16. The van der Waals surface area contributed by atoms with Gasteiger partial charge >= 0.3 is 0 Å². The van der Waals surface area contributed by atoms with E-state index in [1.165, 1.54) is 6.08 Å². The van der Waals surface area contributed by atoms with Gasteiger partial charge in [-0.3, -0.25) is 14.2 Å². The van der Waals surface area contributed by atoms with Gasteiger partial charge in [-0.25, -0.2) is 0 Å². The molecular weight excluding hydrogens is 204 g/mol. The van der Waals surface area contributed by atoms with Gasteiger partial charge in [-0.1, -0.05) is 0 Å². The average molecular weight is 216 g/mol. The zero-order valence-electron chi connectivity index (χ0n) is 9.16. The average Bonchev–Trinajstić information content (AvgIpc) is 2.84. The van der Waals surface area contributed by atoms with Crippen LogP contribution in [0.2, 0.25) is 0 Å². The molecule has 0 aliphatic rings. The van der Waals surface area contributed by atoms with Crippen molar-refractivity contribution in [1.82, 2.24) is 19.6 Å². The third-order valence-electron chi connectivity index (χ3n) is 2.11. The molecule has 0 bridgehead atoms. The molecule has 2 aromatic heterocycles. The lowest BCUT2D eigenvalue weighted by atomic mass is 10.2. The Bertz CT molecular complexity index is 536. The summed E-state index contributed by atoms with van der Waals surface area (Å²) in [5.41, 5.74) is 1.20. The molecule has 0 aliphatic carbocycles. The molecule has 0 radical (unpaired) electrons. The number of carbonyl (C=O) groups is 1. The van der Waals surface area contributed by atoms with Crippen LogP contribution in [0.4, 0.5) is 0 Å². The molecule has 0 unspecified atom stereocenters. The third-order valence-corrected chi connectivity index (χ3v) is 2.11. The highest BCUT2D eigenvalue weighted by atomic mass is 16.1. The summed E-state index contributed by atoms with van der Waals surface area (Å²) in [6, 6.07) is 3.52. The summed E-state index contributed by atoms with van der Waals surface area (Å²) in [4.78, 5) is 11.6. The minimum Gasteiger partial charge on any atom is -0.287 e. The van der Waals surface area contributed by atoms with Crippen molar-refractivity contribution in [3.8, 4) is 0 Å². The number of aromatic nitrogens is 4. The first-order valence-electron chi connectivity index (χ1n) is 4.87. The van der Waals surface area contributed by atoms with Crippen LogP contribution in [0.5, 0.6) is 0 Å².